The van der Waals surface area contributed by atoms with Gasteiger partial charge in [0.15, 0.2) is 5.13 Å². The first kappa shape index (κ1) is 15.7. The number of hydrogen-bond donors (Lipinski definition) is 1. The Morgan fingerprint density at radius 1 is 1.42 bits per heavy atom. The van der Waals surface area contributed by atoms with Crippen LogP contribution in [0.1, 0.15) is 43.1 Å². The fraction of sp³-hybridized carbons (Fsp3) is 0.529. The van der Waals surface area contributed by atoms with Gasteiger partial charge in [-0.15, -0.1) is 11.3 Å². The number of hydrogen-bond acceptors (Lipinski definition) is 5. The molecule has 2 aromatic rings. The summed E-state index contributed by atoms with van der Waals surface area (Å²) in [4.78, 5) is 19.0. The van der Waals surface area contributed by atoms with Crippen LogP contribution in [0.2, 0.25) is 0 Å². The summed E-state index contributed by atoms with van der Waals surface area (Å²) in [5.41, 5.74) is 1.10. The number of carbonyl (C=O) groups excluding carboxylic acids is 1. The van der Waals surface area contributed by atoms with E-state index in [1.54, 1.807) is 11.2 Å². The minimum Gasteiger partial charge on any atom is -0.467 e. The van der Waals surface area contributed by atoms with E-state index in [4.69, 9.17) is 9.15 Å². The quantitative estimate of drug-likeness (QED) is 0.862. The number of aromatic nitrogens is 1. The average Bonchev–Trinajstić information content (AvgIpc) is 3.01. The molecule has 0 spiro atoms. The summed E-state index contributed by atoms with van der Waals surface area (Å²) in [5.74, 6) is 1.36. The molecule has 2 aromatic heterocycles. The minimum atomic E-state index is -0.154. The van der Waals surface area contributed by atoms with Gasteiger partial charge >= 0.3 is 6.03 Å². The standard InChI is InChI=1S/C17H21N3O3S/c21-17(19-16-18-15(11-24-16)12-5-6-12)20(9-13-3-1-7-22-13)10-14-4-2-8-23-14/h1,3,7,11-12,14H,2,4-6,8-10H2,(H,18,19,21). The van der Waals surface area contributed by atoms with Gasteiger partial charge in [-0.25, -0.2) is 9.78 Å². The van der Waals surface area contributed by atoms with Crippen LogP contribution in [-0.2, 0) is 11.3 Å². The molecule has 1 atom stereocenters. The van der Waals surface area contributed by atoms with Gasteiger partial charge in [0, 0.05) is 24.4 Å². The molecule has 6 nitrogen and oxygen atoms in total. The largest absolute Gasteiger partial charge is 0.467 e. The highest BCUT2D eigenvalue weighted by Crippen LogP contribution is 2.40. The van der Waals surface area contributed by atoms with Gasteiger partial charge in [-0.2, -0.15) is 0 Å². The summed E-state index contributed by atoms with van der Waals surface area (Å²) < 4.78 is 11.1. The van der Waals surface area contributed by atoms with Crippen LogP contribution >= 0.6 is 11.3 Å². The molecule has 7 heteroatoms. The minimum absolute atomic E-state index is 0.101. The lowest BCUT2D eigenvalue weighted by Gasteiger charge is -2.24. The lowest BCUT2D eigenvalue weighted by molar-refractivity contribution is 0.0803. The SMILES string of the molecule is O=C(Nc1nc(C2CC2)cs1)N(Cc1ccco1)CC1CCCO1. The van der Waals surface area contributed by atoms with Crippen molar-refractivity contribution in [1.29, 1.82) is 0 Å². The Morgan fingerprint density at radius 2 is 2.33 bits per heavy atom. The van der Waals surface area contributed by atoms with Crippen LogP contribution in [0.3, 0.4) is 0 Å². The molecule has 1 unspecified atom stereocenters. The van der Waals surface area contributed by atoms with Gasteiger partial charge < -0.3 is 14.1 Å². The van der Waals surface area contributed by atoms with Gasteiger partial charge in [-0.3, -0.25) is 5.32 Å². The summed E-state index contributed by atoms with van der Waals surface area (Å²) in [6.45, 7) is 1.77. The third kappa shape index (κ3) is 3.79. The first-order chi connectivity index (χ1) is 11.8. The highest BCUT2D eigenvalue weighted by molar-refractivity contribution is 7.13. The number of ether oxygens (including phenoxy) is 1. The van der Waals surface area contributed by atoms with E-state index in [0.717, 1.165) is 30.9 Å². The molecule has 1 N–H and O–H groups in total. The van der Waals surface area contributed by atoms with E-state index in [1.165, 1.54) is 24.2 Å². The monoisotopic (exact) mass is 347 g/mol. The molecule has 1 saturated heterocycles. The summed E-state index contributed by atoms with van der Waals surface area (Å²) in [6, 6.07) is 3.56. The fourth-order valence-corrected chi connectivity index (χ4v) is 3.71. The second-order valence-electron chi connectivity index (χ2n) is 6.38. The molecular formula is C17H21N3O3S. The Morgan fingerprint density at radius 3 is 3.04 bits per heavy atom. The van der Waals surface area contributed by atoms with Crippen molar-refractivity contribution < 1.29 is 13.9 Å². The zero-order valence-electron chi connectivity index (χ0n) is 13.4. The maximum Gasteiger partial charge on any atom is 0.324 e. The molecule has 0 radical (unpaired) electrons. The van der Waals surface area contributed by atoms with E-state index in [2.05, 4.69) is 10.3 Å². The van der Waals surface area contributed by atoms with Crippen LogP contribution in [-0.4, -0.2) is 35.2 Å². The van der Waals surface area contributed by atoms with Crippen molar-refractivity contribution in [1.82, 2.24) is 9.88 Å². The molecule has 4 rings (SSSR count). The van der Waals surface area contributed by atoms with Crippen LogP contribution in [0, 0.1) is 0 Å². The van der Waals surface area contributed by atoms with E-state index in [9.17, 15) is 4.79 Å². The van der Waals surface area contributed by atoms with Gasteiger partial charge in [0.25, 0.3) is 0 Å². The molecule has 0 aromatic carbocycles. The molecule has 1 aliphatic heterocycles. The highest BCUT2D eigenvalue weighted by Gasteiger charge is 2.27. The molecule has 2 amide bonds. The van der Waals surface area contributed by atoms with Crippen molar-refractivity contribution in [3.63, 3.8) is 0 Å². The smallest absolute Gasteiger partial charge is 0.324 e. The van der Waals surface area contributed by atoms with E-state index >= 15 is 0 Å². The first-order valence-electron chi connectivity index (χ1n) is 8.43. The molecule has 1 saturated carbocycles. The number of amides is 2. The van der Waals surface area contributed by atoms with E-state index in [1.807, 2.05) is 17.5 Å². The Balaban J connectivity index is 1.42. The van der Waals surface area contributed by atoms with Crippen molar-refractivity contribution in [2.24, 2.45) is 0 Å². The number of furan rings is 1. The van der Waals surface area contributed by atoms with Gasteiger partial charge in [0.05, 0.1) is 24.6 Å². The van der Waals surface area contributed by atoms with Crippen LogP contribution in [0.25, 0.3) is 0 Å². The predicted octanol–water partition coefficient (Wildman–Crippen LogP) is 3.83. The Labute approximate surface area is 144 Å². The second kappa shape index (κ2) is 6.94. The summed E-state index contributed by atoms with van der Waals surface area (Å²) in [5, 5.41) is 5.64. The summed E-state index contributed by atoms with van der Waals surface area (Å²) in [6.07, 6.45) is 6.19. The highest BCUT2D eigenvalue weighted by atomic mass is 32.1. The molecule has 1 aliphatic carbocycles. The third-order valence-corrected chi connectivity index (χ3v) is 5.17. The molecule has 24 heavy (non-hydrogen) atoms. The maximum atomic E-state index is 12.7. The van der Waals surface area contributed by atoms with Crippen molar-refractivity contribution >= 4 is 22.5 Å². The third-order valence-electron chi connectivity index (χ3n) is 4.39. The Bertz CT molecular complexity index is 675. The zero-order chi connectivity index (χ0) is 16.4. The van der Waals surface area contributed by atoms with E-state index < -0.39 is 0 Å². The topological polar surface area (TPSA) is 67.6 Å². The normalized spacial score (nSPS) is 20.2. The van der Waals surface area contributed by atoms with Gasteiger partial charge in [-0.1, -0.05) is 0 Å². The predicted molar refractivity (Wildman–Crippen MR) is 91.2 cm³/mol. The van der Waals surface area contributed by atoms with Gasteiger partial charge in [0.2, 0.25) is 0 Å². The van der Waals surface area contributed by atoms with Crippen molar-refractivity contribution in [2.75, 3.05) is 18.5 Å². The van der Waals surface area contributed by atoms with Crippen molar-refractivity contribution in [3.05, 3.63) is 35.2 Å². The Hall–Kier alpha value is -1.86. The van der Waals surface area contributed by atoms with Gasteiger partial charge in [-0.05, 0) is 37.8 Å². The van der Waals surface area contributed by atoms with E-state index in [-0.39, 0.29) is 12.1 Å². The molecule has 2 fully saturated rings. The van der Waals surface area contributed by atoms with E-state index in [0.29, 0.717) is 24.1 Å². The van der Waals surface area contributed by atoms with Crippen LogP contribution in [0.15, 0.2) is 28.2 Å². The van der Waals surface area contributed by atoms with Crippen molar-refractivity contribution in [3.8, 4) is 0 Å². The van der Waals surface area contributed by atoms with Crippen molar-refractivity contribution in [2.45, 2.75) is 44.2 Å². The fourth-order valence-electron chi connectivity index (χ4n) is 2.92. The zero-order valence-corrected chi connectivity index (χ0v) is 14.3. The number of carbonyl (C=O) groups is 1. The average molecular weight is 347 g/mol. The number of nitrogens with zero attached hydrogens (tertiary/aromatic N) is 2. The molecular weight excluding hydrogens is 326 g/mol. The number of thiazole rings is 1. The van der Waals surface area contributed by atoms with Crippen LogP contribution in [0.5, 0.6) is 0 Å². The summed E-state index contributed by atoms with van der Waals surface area (Å²) in [7, 11) is 0. The maximum absolute atomic E-state index is 12.7. The number of nitrogens with one attached hydrogen (secondary N) is 1. The first-order valence-corrected chi connectivity index (χ1v) is 9.31. The van der Waals surface area contributed by atoms with Crippen LogP contribution in [0.4, 0.5) is 9.93 Å². The second-order valence-corrected chi connectivity index (χ2v) is 7.23. The Kier molecular flexibility index (Phi) is 4.53. The number of rotatable bonds is 6. The number of anilines is 1. The van der Waals surface area contributed by atoms with Crippen LogP contribution < -0.4 is 5.32 Å². The molecule has 128 valence electrons. The lowest BCUT2D eigenvalue weighted by atomic mass is 10.2. The summed E-state index contributed by atoms with van der Waals surface area (Å²) >= 11 is 1.49. The lowest BCUT2D eigenvalue weighted by Crippen LogP contribution is -2.39. The molecule has 0 bridgehead atoms. The molecule has 2 aliphatic rings. The van der Waals surface area contributed by atoms with Gasteiger partial charge in [0.1, 0.15) is 5.76 Å². The molecule has 3 heterocycles. The number of urea groups is 1.